The fourth-order valence-electron chi connectivity index (χ4n) is 3.41. The van der Waals surface area contributed by atoms with Gasteiger partial charge in [-0.05, 0) is 56.4 Å². The second-order valence-electron chi connectivity index (χ2n) is 7.51. The molecule has 0 spiro atoms. The van der Waals surface area contributed by atoms with Gasteiger partial charge in [0.1, 0.15) is 0 Å². The Kier molecular flexibility index (Phi) is 13.7. The quantitative estimate of drug-likeness (QED) is 0.375. The molecule has 1 atom stereocenters. The van der Waals surface area contributed by atoms with Crippen molar-refractivity contribution in [3.63, 3.8) is 0 Å². The van der Waals surface area contributed by atoms with Gasteiger partial charge in [0.2, 0.25) is 0 Å². The number of hydrogen-bond acceptors (Lipinski definition) is 2. The van der Waals surface area contributed by atoms with E-state index < -0.39 is 0 Å². The average Bonchev–Trinajstić information content (AvgIpc) is 2.64. The molecule has 1 unspecified atom stereocenters. The van der Waals surface area contributed by atoms with Gasteiger partial charge in [-0.2, -0.15) is 0 Å². The highest BCUT2D eigenvalue weighted by Gasteiger charge is 2.08. The van der Waals surface area contributed by atoms with Crippen molar-refractivity contribution in [2.45, 2.75) is 84.6 Å². The number of rotatable bonds is 16. The van der Waals surface area contributed by atoms with Crippen molar-refractivity contribution in [2.75, 3.05) is 20.1 Å². The Morgan fingerprint density at radius 1 is 0.800 bits per heavy atom. The summed E-state index contributed by atoms with van der Waals surface area (Å²) in [6.07, 6.45) is 13.6. The molecule has 2 N–H and O–H groups in total. The molecule has 2 nitrogen and oxygen atoms in total. The van der Waals surface area contributed by atoms with Gasteiger partial charge in [-0.1, -0.05) is 83.1 Å². The Hall–Kier alpha value is -0.860. The van der Waals surface area contributed by atoms with Crippen LogP contribution < -0.4 is 10.6 Å². The van der Waals surface area contributed by atoms with Crippen molar-refractivity contribution in [2.24, 2.45) is 5.92 Å². The van der Waals surface area contributed by atoms with Gasteiger partial charge in [-0.25, -0.2) is 0 Å². The standard InChI is InChI=1S/C23H42N2/c1-4-6-8-10-12-22(11-9-7-5-2)19-25-20-23-15-13-21(14-16-23)17-18-24-3/h13-16,22,24-25H,4-12,17-20H2,1-3H3. The highest BCUT2D eigenvalue weighted by molar-refractivity contribution is 5.22. The molecule has 0 aromatic heterocycles. The fourth-order valence-corrected chi connectivity index (χ4v) is 3.41. The minimum Gasteiger partial charge on any atom is -0.319 e. The Balaban J connectivity index is 2.30. The summed E-state index contributed by atoms with van der Waals surface area (Å²) in [7, 11) is 2.01. The summed E-state index contributed by atoms with van der Waals surface area (Å²) >= 11 is 0. The first-order valence-corrected chi connectivity index (χ1v) is 10.7. The molecule has 0 bridgehead atoms. The van der Waals surface area contributed by atoms with Crippen LogP contribution >= 0.6 is 0 Å². The molecule has 0 aliphatic heterocycles. The van der Waals surface area contributed by atoms with Crippen LogP contribution in [0, 0.1) is 5.92 Å². The van der Waals surface area contributed by atoms with E-state index in [0.29, 0.717) is 0 Å². The summed E-state index contributed by atoms with van der Waals surface area (Å²) in [5.41, 5.74) is 2.83. The van der Waals surface area contributed by atoms with Crippen molar-refractivity contribution >= 4 is 0 Å². The van der Waals surface area contributed by atoms with Crippen molar-refractivity contribution in [1.82, 2.24) is 10.6 Å². The minimum atomic E-state index is 0.860. The van der Waals surface area contributed by atoms with Gasteiger partial charge in [-0.15, -0.1) is 0 Å². The van der Waals surface area contributed by atoms with Crippen LogP contribution in [0.25, 0.3) is 0 Å². The first-order valence-electron chi connectivity index (χ1n) is 10.7. The normalized spacial score (nSPS) is 12.4. The number of nitrogens with one attached hydrogen (secondary N) is 2. The monoisotopic (exact) mass is 346 g/mol. The Bertz CT molecular complexity index is 399. The molecule has 0 fully saturated rings. The molecule has 1 aromatic rings. The molecule has 25 heavy (non-hydrogen) atoms. The lowest BCUT2D eigenvalue weighted by Crippen LogP contribution is -2.22. The van der Waals surface area contributed by atoms with Crippen molar-refractivity contribution in [3.05, 3.63) is 35.4 Å². The Morgan fingerprint density at radius 2 is 1.40 bits per heavy atom. The molecule has 0 aliphatic rings. The molecule has 2 heteroatoms. The fraction of sp³-hybridized carbons (Fsp3) is 0.739. The molecule has 0 saturated heterocycles. The summed E-state index contributed by atoms with van der Waals surface area (Å²) in [6, 6.07) is 9.12. The number of unbranched alkanes of at least 4 members (excludes halogenated alkanes) is 5. The summed E-state index contributed by atoms with van der Waals surface area (Å²) in [4.78, 5) is 0. The van der Waals surface area contributed by atoms with E-state index >= 15 is 0 Å². The molecule has 0 amide bonds. The van der Waals surface area contributed by atoms with Crippen LogP contribution in [0.4, 0.5) is 0 Å². The Labute approximate surface area is 157 Å². The maximum Gasteiger partial charge on any atom is 0.0205 e. The van der Waals surface area contributed by atoms with Crippen LogP contribution in [0.5, 0.6) is 0 Å². The summed E-state index contributed by atoms with van der Waals surface area (Å²) < 4.78 is 0. The van der Waals surface area contributed by atoms with Crippen molar-refractivity contribution < 1.29 is 0 Å². The molecule has 0 radical (unpaired) electrons. The van der Waals surface area contributed by atoms with Crippen LogP contribution in [-0.4, -0.2) is 20.1 Å². The zero-order valence-corrected chi connectivity index (χ0v) is 17.1. The van der Waals surface area contributed by atoms with Crippen LogP contribution in [0.3, 0.4) is 0 Å². The van der Waals surface area contributed by atoms with Crippen LogP contribution in [0.1, 0.15) is 82.8 Å². The van der Waals surface area contributed by atoms with E-state index in [1.807, 2.05) is 7.05 Å². The van der Waals surface area contributed by atoms with E-state index in [-0.39, 0.29) is 0 Å². The van der Waals surface area contributed by atoms with E-state index in [9.17, 15) is 0 Å². The molecular formula is C23H42N2. The van der Waals surface area contributed by atoms with Gasteiger partial charge in [0.25, 0.3) is 0 Å². The smallest absolute Gasteiger partial charge is 0.0205 e. The third kappa shape index (κ3) is 11.4. The van der Waals surface area contributed by atoms with Gasteiger partial charge < -0.3 is 10.6 Å². The topological polar surface area (TPSA) is 24.1 Å². The molecule has 0 saturated carbocycles. The number of hydrogen-bond donors (Lipinski definition) is 2. The lowest BCUT2D eigenvalue weighted by Gasteiger charge is -2.18. The molecule has 0 aliphatic carbocycles. The van der Waals surface area contributed by atoms with Crippen LogP contribution in [-0.2, 0) is 13.0 Å². The van der Waals surface area contributed by atoms with Gasteiger partial charge in [-0.3, -0.25) is 0 Å². The SMILES string of the molecule is CCCCCCC(CCCCC)CNCc1ccc(CCNC)cc1. The van der Waals surface area contributed by atoms with Gasteiger partial charge in [0, 0.05) is 6.54 Å². The first-order chi connectivity index (χ1) is 12.3. The molecule has 144 valence electrons. The number of likely N-dealkylation sites (N-methyl/N-ethyl adjacent to an activating group) is 1. The second kappa shape index (κ2) is 15.4. The Morgan fingerprint density at radius 3 is 2.04 bits per heavy atom. The average molecular weight is 347 g/mol. The summed E-state index contributed by atoms with van der Waals surface area (Å²) in [5, 5.41) is 6.93. The maximum atomic E-state index is 3.72. The van der Waals surface area contributed by atoms with Gasteiger partial charge >= 0.3 is 0 Å². The highest BCUT2D eigenvalue weighted by Crippen LogP contribution is 2.17. The zero-order chi connectivity index (χ0) is 18.2. The lowest BCUT2D eigenvalue weighted by atomic mass is 9.94. The predicted octanol–water partition coefficient (Wildman–Crippen LogP) is 5.71. The lowest BCUT2D eigenvalue weighted by molar-refractivity contribution is 0.385. The zero-order valence-electron chi connectivity index (χ0n) is 17.1. The third-order valence-corrected chi connectivity index (χ3v) is 5.13. The van der Waals surface area contributed by atoms with Crippen LogP contribution in [0.2, 0.25) is 0 Å². The molecule has 0 heterocycles. The largest absolute Gasteiger partial charge is 0.319 e. The maximum absolute atomic E-state index is 3.72. The van der Waals surface area contributed by atoms with Gasteiger partial charge in [0.05, 0.1) is 0 Å². The third-order valence-electron chi connectivity index (χ3n) is 5.13. The van der Waals surface area contributed by atoms with Crippen molar-refractivity contribution in [3.8, 4) is 0 Å². The van der Waals surface area contributed by atoms with E-state index in [4.69, 9.17) is 0 Å². The highest BCUT2D eigenvalue weighted by atomic mass is 14.9. The predicted molar refractivity (Wildman–Crippen MR) is 112 cm³/mol. The molecular weight excluding hydrogens is 304 g/mol. The van der Waals surface area contributed by atoms with Crippen molar-refractivity contribution in [1.29, 1.82) is 0 Å². The number of benzene rings is 1. The van der Waals surface area contributed by atoms with E-state index in [0.717, 1.165) is 25.4 Å². The first kappa shape index (κ1) is 22.2. The second-order valence-corrected chi connectivity index (χ2v) is 7.51. The van der Waals surface area contributed by atoms with Crippen LogP contribution in [0.15, 0.2) is 24.3 Å². The van der Waals surface area contributed by atoms with Gasteiger partial charge in [0.15, 0.2) is 0 Å². The minimum absolute atomic E-state index is 0.860. The molecule has 1 rings (SSSR count). The summed E-state index contributed by atoms with van der Waals surface area (Å²) in [5.74, 6) is 0.860. The van der Waals surface area contributed by atoms with E-state index in [2.05, 4.69) is 48.7 Å². The van der Waals surface area contributed by atoms with E-state index in [1.165, 1.54) is 75.5 Å². The molecule has 1 aromatic carbocycles. The summed E-state index contributed by atoms with van der Waals surface area (Å²) in [6.45, 7) is 7.83. The van der Waals surface area contributed by atoms with E-state index in [1.54, 1.807) is 0 Å².